The molecule has 2 aromatic carbocycles. The Morgan fingerprint density at radius 1 is 1.08 bits per heavy atom. The highest BCUT2D eigenvalue weighted by atomic mass is 32.2. The summed E-state index contributed by atoms with van der Waals surface area (Å²) in [4.78, 5) is 14.3. The summed E-state index contributed by atoms with van der Waals surface area (Å²) in [6.45, 7) is 2.35. The molecule has 0 bridgehead atoms. The first-order chi connectivity index (χ1) is 12.5. The van der Waals surface area contributed by atoms with E-state index >= 15 is 0 Å². The van der Waals surface area contributed by atoms with Crippen molar-refractivity contribution in [1.82, 2.24) is 10.3 Å². The highest BCUT2D eigenvalue weighted by Crippen LogP contribution is 2.23. The van der Waals surface area contributed by atoms with Crippen LogP contribution in [0.4, 0.5) is 0 Å². The molecule has 0 saturated heterocycles. The van der Waals surface area contributed by atoms with E-state index in [2.05, 4.69) is 16.3 Å². The Morgan fingerprint density at radius 3 is 2.54 bits per heavy atom. The molecule has 0 radical (unpaired) electrons. The molecule has 0 unspecified atom stereocenters. The van der Waals surface area contributed by atoms with Gasteiger partial charge in [0.2, 0.25) is 5.91 Å². The molecule has 0 spiro atoms. The topological polar surface area (TPSA) is 84.5 Å². The molecule has 1 aliphatic carbocycles. The van der Waals surface area contributed by atoms with Gasteiger partial charge >= 0.3 is 0 Å². The van der Waals surface area contributed by atoms with Gasteiger partial charge in [-0.1, -0.05) is 18.2 Å². The van der Waals surface area contributed by atoms with E-state index in [9.17, 15) is 13.2 Å². The second-order valence-corrected chi connectivity index (χ2v) is 7.87. The molecule has 0 fully saturated rings. The highest BCUT2D eigenvalue weighted by Gasteiger charge is 2.16. The number of ether oxygens (including phenoxy) is 1. The van der Waals surface area contributed by atoms with Gasteiger partial charge in [-0.25, -0.2) is 8.42 Å². The van der Waals surface area contributed by atoms with Gasteiger partial charge in [0, 0.05) is 0 Å². The van der Waals surface area contributed by atoms with Crippen LogP contribution in [0.25, 0.3) is 0 Å². The molecule has 0 aromatic heterocycles. The largest absolute Gasteiger partial charge is 0.494 e. The van der Waals surface area contributed by atoms with Crippen molar-refractivity contribution < 1.29 is 17.9 Å². The van der Waals surface area contributed by atoms with Crippen molar-refractivity contribution in [3.8, 4) is 5.75 Å². The average Bonchev–Trinajstić information content (AvgIpc) is 3.09. The van der Waals surface area contributed by atoms with Gasteiger partial charge in [-0.3, -0.25) is 10.2 Å². The second kappa shape index (κ2) is 7.88. The normalized spacial score (nSPS) is 13.3. The molecule has 1 aliphatic rings. The zero-order chi connectivity index (χ0) is 18.6. The van der Waals surface area contributed by atoms with Gasteiger partial charge < -0.3 is 4.74 Å². The number of aryl methyl sites for hydroxylation is 2. The molecular weight excluding hydrogens is 352 g/mol. The minimum atomic E-state index is -3.83. The zero-order valence-electron chi connectivity index (χ0n) is 14.6. The van der Waals surface area contributed by atoms with Crippen LogP contribution in [-0.4, -0.2) is 20.9 Å². The minimum absolute atomic E-state index is 0.0544. The SMILES string of the molecule is CCOc1ccc(S(=O)(=O)NNC(=O)Cc2ccc3c(c2)CCC3)cc1. The maximum absolute atomic E-state index is 12.2. The van der Waals surface area contributed by atoms with Crippen molar-refractivity contribution in [2.75, 3.05) is 6.61 Å². The summed E-state index contributed by atoms with van der Waals surface area (Å²) < 4.78 is 29.8. The number of hydrogen-bond donors (Lipinski definition) is 2. The van der Waals surface area contributed by atoms with Gasteiger partial charge in [-0.2, -0.15) is 0 Å². The van der Waals surface area contributed by atoms with E-state index in [0.29, 0.717) is 12.4 Å². The monoisotopic (exact) mass is 374 g/mol. The van der Waals surface area contributed by atoms with E-state index in [4.69, 9.17) is 4.74 Å². The molecule has 2 aromatic rings. The summed E-state index contributed by atoms with van der Waals surface area (Å²) >= 11 is 0. The second-order valence-electron chi connectivity index (χ2n) is 6.19. The number of carbonyl (C=O) groups excluding carboxylic acids is 1. The fourth-order valence-corrected chi connectivity index (χ4v) is 3.89. The number of nitrogens with one attached hydrogen (secondary N) is 2. The molecule has 1 amide bonds. The number of fused-ring (bicyclic) bond motifs is 1. The van der Waals surface area contributed by atoms with Crippen molar-refractivity contribution in [2.45, 2.75) is 37.5 Å². The average molecular weight is 374 g/mol. The molecule has 26 heavy (non-hydrogen) atoms. The first-order valence-electron chi connectivity index (χ1n) is 8.62. The van der Waals surface area contributed by atoms with Gasteiger partial charge in [0.1, 0.15) is 5.75 Å². The van der Waals surface area contributed by atoms with Gasteiger partial charge in [0.15, 0.2) is 0 Å². The van der Waals surface area contributed by atoms with Crippen molar-refractivity contribution in [3.63, 3.8) is 0 Å². The molecule has 3 rings (SSSR count). The Morgan fingerprint density at radius 2 is 1.81 bits per heavy atom. The standard InChI is InChI=1S/C19H22N2O4S/c1-2-25-17-8-10-18(11-9-17)26(23,24)21-20-19(22)13-14-6-7-15-4-3-5-16(15)12-14/h6-12,21H,2-5,13H2,1H3,(H,20,22). The third-order valence-electron chi connectivity index (χ3n) is 4.30. The third-order valence-corrected chi connectivity index (χ3v) is 5.56. The van der Waals surface area contributed by atoms with Crippen molar-refractivity contribution in [1.29, 1.82) is 0 Å². The number of amides is 1. The summed E-state index contributed by atoms with van der Waals surface area (Å²) in [7, 11) is -3.83. The van der Waals surface area contributed by atoms with Crippen LogP contribution in [0.15, 0.2) is 47.4 Å². The molecule has 0 heterocycles. The summed E-state index contributed by atoms with van der Waals surface area (Å²) in [5.41, 5.74) is 5.77. The van der Waals surface area contributed by atoms with E-state index in [1.807, 2.05) is 19.1 Å². The van der Waals surface area contributed by atoms with Crippen LogP contribution in [0.2, 0.25) is 0 Å². The lowest BCUT2D eigenvalue weighted by Gasteiger charge is -2.10. The number of rotatable bonds is 7. The Hall–Kier alpha value is -2.38. The molecular formula is C19H22N2O4S. The van der Waals surface area contributed by atoms with Gasteiger partial charge in [-0.05, 0) is 67.1 Å². The van der Waals surface area contributed by atoms with Crippen LogP contribution in [0.3, 0.4) is 0 Å². The van der Waals surface area contributed by atoms with Crippen LogP contribution in [0, 0.1) is 0 Å². The third kappa shape index (κ3) is 4.42. The van der Waals surface area contributed by atoms with Crippen LogP contribution in [-0.2, 0) is 34.1 Å². The van der Waals surface area contributed by atoms with Crippen LogP contribution >= 0.6 is 0 Å². The fraction of sp³-hybridized carbons (Fsp3) is 0.316. The summed E-state index contributed by atoms with van der Waals surface area (Å²) in [6, 6.07) is 12.0. The quantitative estimate of drug-likeness (QED) is 0.727. The molecule has 138 valence electrons. The van der Waals surface area contributed by atoms with E-state index in [1.165, 1.54) is 23.3 Å². The molecule has 0 aliphatic heterocycles. The molecule has 6 nitrogen and oxygen atoms in total. The summed E-state index contributed by atoms with van der Waals surface area (Å²) in [6.07, 6.45) is 3.39. The Kier molecular flexibility index (Phi) is 5.58. The predicted molar refractivity (Wildman–Crippen MR) is 98.2 cm³/mol. The maximum atomic E-state index is 12.2. The van der Waals surface area contributed by atoms with Crippen LogP contribution < -0.4 is 15.0 Å². The Bertz CT molecular complexity index is 892. The lowest BCUT2D eigenvalue weighted by molar-refractivity contribution is -0.120. The minimum Gasteiger partial charge on any atom is -0.494 e. The first-order valence-corrected chi connectivity index (χ1v) is 10.1. The lowest BCUT2D eigenvalue weighted by Crippen LogP contribution is -2.42. The van der Waals surface area contributed by atoms with E-state index in [0.717, 1.165) is 24.8 Å². The van der Waals surface area contributed by atoms with Gasteiger partial charge in [-0.15, -0.1) is 4.83 Å². The zero-order valence-corrected chi connectivity index (χ0v) is 15.4. The number of hydrogen-bond acceptors (Lipinski definition) is 4. The number of benzene rings is 2. The number of sulfonamides is 1. The predicted octanol–water partition coefficient (Wildman–Crippen LogP) is 2.13. The summed E-state index contributed by atoms with van der Waals surface area (Å²) in [5, 5.41) is 0. The van der Waals surface area contributed by atoms with Gasteiger partial charge in [0.05, 0.1) is 17.9 Å². The molecule has 0 atom stereocenters. The molecule has 0 saturated carbocycles. The van der Waals surface area contributed by atoms with E-state index < -0.39 is 15.9 Å². The van der Waals surface area contributed by atoms with Crippen molar-refractivity contribution in [3.05, 3.63) is 59.2 Å². The highest BCUT2D eigenvalue weighted by molar-refractivity contribution is 7.89. The Labute approximate surface area is 153 Å². The van der Waals surface area contributed by atoms with Crippen LogP contribution in [0.5, 0.6) is 5.75 Å². The number of hydrazine groups is 1. The number of carbonyl (C=O) groups is 1. The molecule has 7 heteroatoms. The molecule has 2 N–H and O–H groups in total. The maximum Gasteiger partial charge on any atom is 0.257 e. The smallest absolute Gasteiger partial charge is 0.257 e. The van der Waals surface area contributed by atoms with E-state index in [-0.39, 0.29) is 11.3 Å². The van der Waals surface area contributed by atoms with Crippen LogP contribution in [0.1, 0.15) is 30.0 Å². The van der Waals surface area contributed by atoms with E-state index in [1.54, 1.807) is 12.1 Å². The Balaban J connectivity index is 1.57. The summed E-state index contributed by atoms with van der Waals surface area (Å²) in [5.74, 6) is 0.185. The lowest BCUT2D eigenvalue weighted by atomic mass is 10.0. The fourth-order valence-electron chi connectivity index (χ4n) is 3.03. The van der Waals surface area contributed by atoms with Crippen molar-refractivity contribution >= 4 is 15.9 Å². The first kappa shape index (κ1) is 18.4. The van der Waals surface area contributed by atoms with Gasteiger partial charge in [0.25, 0.3) is 10.0 Å². The van der Waals surface area contributed by atoms with Crippen molar-refractivity contribution in [2.24, 2.45) is 0 Å².